The molecule has 1 unspecified atom stereocenters. The van der Waals surface area contributed by atoms with Crippen LogP contribution in [0, 0.1) is 0 Å². The van der Waals surface area contributed by atoms with Crippen molar-refractivity contribution in [2.24, 2.45) is 0 Å². The van der Waals surface area contributed by atoms with Crippen LogP contribution in [-0.2, 0) is 4.74 Å². The van der Waals surface area contributed by atoms with E-state index in [0.717, 1.165) is 13.0 Å². The third kappa shape index (κ3) is 1.64. The first-order valence-corrected chi connectivity index (χ1v) is 3.19. The number of nitrogens with one attached hydrogen (secondary N) is 1. The van der Waals surface area contributed by atoms with Gasteiger partial charge in [0, 0.05) is 13.7 Å². The summed E-state index contributed by atoms with van der Waals surface area (Å²) in [6.07, 6.45) is 0.806. The molecule has 1 heterocycles. The van der Waals surface area contributed by atoms with E-state index < -0.39 is 5.60 Å². The molecule has 0 radical (unpaired) electrons. The summed E-state index contributed by atoms with van der Waals surface area (Å²) >= 11 is 0. The number of methoxy groups -OCH3 is 1. The molecule has 0 spiro atoms. The Labute approximate surface area is 55.0 Å². The number of ether oxygens (including phenoxy) is 1. The fourth-order valence-corrected chi connectivity index (χ4v) is 1.12. The van der Waals surface area contributed by atoms with Crippen LogP contribution in [0.5, 0.6) is 0 Å². The van der Waals surface area contributed by atoms with E-state index in [-0.39, 0.29) is 0 Å². The molecule has 1 fully saturated rings. The van der Waals surface area contributed by atoms with Crippen molar-refractivity contribution >= 4 is 0 Å². The van der Waals surface area contributed by atoms with E-state index in [4.69, 9.17) is 4.74 Å². The van der Waals surface area contributed by atoms with Crippen molar-refractivity contribution in [2.45, 2.75) is 12.0 Å². The molecular weight excluding hydrogens is 118 g/mol. The van der Waals surface area contributed by atoms with Crippen LogP contribution in [0.2, 0.25) is 0 Å². The van der Waals surface area contributed by atoms with Gasteiger partial charge >= 0.3 is 0 Å². The molecule has 1 atom stereocenters. The molecule has 0 aromatic carbocycles. The molecule has 0 amide bonds. The summed E-state index contributed by atoms with van der Waals surface area (Å²) in [7, 11) is 1.61. The van der Waals surface area contributed by atoms with Gasteiger partial charge in [0.1, 0.15) is 5.60 Å². The van der Waals surface area contributed by atoms with Gasteiger partial charge in [0.05, 0.1) is 6.61 Å². The highest BCUT2D eigenvalue weighted by Gasteiger charge is 2.30. The Hall–Kier alpha value is -0.120. The van der Waals surface area contributed by atoms with Gasteiger partial charge in [-0.05, 0) is 13.0 Å². The van der Waals surface area contributed by atoms with Crippen molar-refractivity contribution in [3.63, 3.8) is 0 Å². The lowest BCUT2D eigenvalue weighted by Crippen LogP contribution is -2.36. The quantitative estimate of drug-likeness (QED) is 0.523. The third-order valence-corrected chi connectivity index (χ3v) is 1.63. The Morgan fingerprint density at radius 1 is 1.78 bits per heavy atom. The fraction of sp³-hybridized carbons (Fsp3) is 1.00. The minimum atomic E-state index is -0.589. The van der Waals surface area contributed by atoms with Crippen LogP contribution >= 0.6 is 0 Å². The average molecular weight is 131 g/mol. The SMILES string of the molecule is COCC1(O)CCNC1. The first kappa shape index (κ1) is 6.99. The second-order valence-electron chi connectivity index (χ2n) is 2.58. The van der Waals surface area contributed by atoms with E-state index in [1.165, 1.54) is 0 Å². The maximum absolute atomic E-state index is 9.50. The zero-order chi connectivity index (χ0) is 6.74. The first-order chi connectivity index (χ1) is 4.27. The number of aliphatic hydroxyl groups is 1. The second kappa shape index (κ2) is 2.64. The number of hydrogen-bond donors (Lipinski definition) is 2. The van der Waals surface area contributed by atoms with Gasteiger partial charge in [-0.15, -0.1) is 0 Å². The number of hydrogen-bond acceptors (Lipinski definition) is 3. The summed E-state index contributed by atoms with van der Waals surface area (Å²) in [6, 6.07) is 0. The minimum absolute atomic E-state index is 0.444. The lowest BCUT2D eigenvalue weighted by Gasteiger charge is -2.18. The van der Waals surface area contributed by atoms with E-state index >= 15 is 0 Å². The molecular formula is C6H13NO2. The highest BCUT2D eigenvalue weighted by atomic mass is 16.5. The maximum Gasteiger partial charge on any atom is 0.101 e. The summed E-state index contributed by atoms with van der Waals surface area (Å²) in [5.74, 6) is 0. The fourth-order valence-electron chi connectivity index (χ4n) is 1.12. The largest absolute Gasteiger partial charge is 0.386 e. The minimum Gasteiger partial charge on any atom is -0.386 e. The summed E-state index contributed by atoms with van der Waals surface area (Å²) in [5, 5.41) is 12.6. The molecule has 1 rings (SSSR count). The van der Waals surface area contributed by atoms with Gasteiger partial charge in [0.15, 0.2) is 0 Å². The molecule has 1 aliphatic heterocycles. The predicted molar refractivity (Wildman–Crippen MR) is 34.3 cm³/mol. The first-order valence-electron chi connectivity index (χ1n) is 3.19. The van der Waals surface area contributed by atoms with Gasteiger partial charge in [-0.1, -0.05) is 0 Å². The molecule has 0 saturated carbocycles. The van der Waals surface area contributed by atoms with Gasteiger partial charge < -0.3 is 15.2 Å². The van der Waals surface area contributed by atoms with Gasteiger partial charge in [-0.2, -0.15) is 0 Å². The van der Waals surface area contributed by atoms with Crippen LogP contribution in [0.1, 0.15) is 6.42 Å². The van der Waals surface area contributed by atoms with Crippen molar-refractivity contribution < 1.29 is 9.84 Å². The molecule has 0 aromatic heterocycles. The van der Waals surface area contributed by atoms with Crippen molar-refractivity contribution in [3.8, 4) is 0 Å². The smallest absolute Gasteiger partial charge is 0.101 e. The zero-order valence-corrected chi connectivity index (χ0v) is 5.68. The molecule has 9 heavy (non-hydrogen) atoms. The van der Waals surface area contributed by atoms with Crippen molar-refractivity contribution in [1.29, 1.82) is 0 Å². The van der Waals surface area contributed by atoms with Gasteiger partial charge in [0.2, 0.25) is 0 Å². The lowest BCUT2D eigenvalue weighted by atomic mass is 10.1. The maximum atomic E-state index is 9.50. The topological polar surface area (TPSA) is 41.5 Å². The molecule has 0 aliphatic carbocycles. The Morgan fingerprint density at radius 2 is 2.56 bits per heavy atom. The highest BCUT2D eigenvalue weighted by Crippen LogP contribution is 2.13. The third-order valence-electron chi connectivity index (χ3n) is 1.63. The Bertz CT molecular complexity index is 89.1. The molecule has 1 saturated heterocycles. The lowest BCUT2D eigenvalue weighted by molar-refractivity contribution is -0.0152. The Kier molecular flexibility index (Phi) is 2.05. The molecule has 3 nitrogen and oxygen atoms in total. The second-order valence-corrected chi connectivity index (χ2v) is 2.58. The van der Waals surface area contributed by atoms with Crippen LogP contribution in [-0.4, -0.2) is 37.5 Å². The molecule has 0 bridgehead atoms. The van der Waals surface area contributed by atoms with E-state index in [2.05, 4.69) is 5.32 Å². The monoisotopic (exact) mass is 131 g/mol. The number of rotatable bonds is 2. The highest BCUT2D eigenvalue weighted by molar-refractivity contribution is 4.87. The Morgan fingerprint density at radius 3 is 3.00 bits per heavy atom. The van der Waals surface area contributed by atoms with Gasteiger partial charge in [-0.25, -0.2) is 0 Å². The van der Waals surface area contributed by atoms with Crippen LogP contribution < -0.4 is 5.32 Å². The average Bonchev–Trinajstić information content (AvgIpc) is 2.16. The van der Waals surface area contributed by atoms with Crippen LogP contribution in [0.4, 0.5) is 0 Å². The Balaban J connectivity index is 2.32. The van der Waals surface area contributed by atoms with Crippen molar-refractivity contribution in [1.82, 2.24) is 5.32 Å². The molecule has 0 aromatic rings. The number of β-amino-alcohol motifs (C(OH)–C–C–N with tert-alkyl or cyclic N) is 1. The summed E-state index contributed by atoms with van der Waals surface area (Å²) < 4.78 is 4.84. The molecule has 54 valence electrons. The van der Waals surface area contributed by atoms with E-state index in [9.17, 15) is 5.11 Å². The summed E-state index contributed by atoms with van der Waals surface area (Å²) in [5.41, 5.74) is -0.589. The summed E-state index contributed by atoms with van der Waals surface area (Å²) in [6.45, 7) is 2.01. The van der Waals surface area contributed by atoms with Crippen molar-refractivity contribution in [3.05, 3.63) is 0 Å². The van der Waals surface area contributed by atoms with E-state index in [1.807, 2.05) is 0 Å². The van der Waals surface area contributed by atoms with Gasteiger partial charge in [0.25, 0.3) is 0 Å². The van der Waals surface area contributed by atoms with Crippen LogP contribution in [0.25, 0.3) is 0 Å². The standard InChI is InChI=1S/C6H13NO2/c1-9-5-6(8)2-3-7-4-6/h7-8H,2-5H2,1H3. The van der Waals surface area contributed by atoms with Crippen molar-refractivity contribution in [2.75, 3.05) is 26.8 Å². The van der Waals surface area contributed by atoms with Crippen LogP contribution in [0.15, 0.2) is 0 Å². The normalized spacial score (nSPS) is 35.3. The molecule has 3 heteroatoms. The zero-order valence-electron chi connectivity index (χ0n) is 5.68. The van der Waals surface area contributed by atoms with E-state index in [1.54, 1.807) is 7.11 Å². The molecule has 2 N–H and O–H groups in total. The van der Waals surface area contributed by atoms with E-state index in [0.29, 0.717) is 13.2 Å². The van der Waals surface area contributed by atoms with Gasteiger partial charge in [-0.3, -0.25) is 0 Å². The predicted octanol–water partition coefficient (Wildman–Crippen LogP) is -0.643. The molecule has 1 aliphatic rings. The summed E-state index contributed by atoms with van der Waals surface area (Å²) in [4.78, 5) is 0. The van der Waals surface area contributed by atoms with Crippen LogP contribution in [0.3, 0.4) is 0 Å².